The van der Waals surface area contributed by atoms with Crippen molar-refractivity contribution >= 4 is 80.0 Å². The van der Waals surface area contributed by atoms with Crippen LogP contribution in [-0.2, 0) is 40.5 Å². The molecule has 3 aliphatic heterocycles. The van der Waals surface area contributed by atoms with Crippen molar-refractivity contribution in [1.82, 2.24) is 19.9 Å². The zero-order valence-electron chi connectivity index (χ0n) is 35.6. The van der Waals surface area contributed by atoms with Crippen molar-refractivity contribution in [3.63, 3.8) is 0 Å². The molecule has 6 heterocycles. The van der Waals surface area contributed by atoms with Crippen molar-refractivity contribution < 1.29 is 33.6 Å². The summed E-state index contributed by atoms with van der Waals surface area (Å²) in [6, 6.07) is 13.3. The number of rotatable bonds is 11. The molecule has 14 nitrogen and oxygen atoms in total. The Labute approximate surface area is 357 Å². The molecule has 1 aliphatic carbocycles. The van der Waals surface area contributed by atoms with Crippen LogP contribution in [-0.4, -0.2) is 61.8 Å². The van der Waals surface area contributed by atoms with Crippen LogP contribution in [0.3, 0.4) is 0 Å². The van der Waals surface area contributed by atoms with Gasteiger partial charge in [0.05, 0.1) is 58.4 Å². The van der Waals surface area contributed by atoms with E-state index in [1.165, 1.54) is 24.3 Å². The number of allylic oxidation sites excluding steroid dienone is 4. The molecule has 4 aliphatic rings. The number of carbonyl (C=O) groups excluding carboxylic acids is 4. The molecule has 0 radical (unpaired) electrons. The quantitative estimate of drug-likeness (QED) is 0.0639. The molecular weight excluding hydrogens is 789 g/mol. The number of nitro groups is 1. The second-order valence-corrected chi connectivity index (χ2v) is 16.2. The van der Waals surface area contributed by atoms with E-state index in [-0.39, 0.29) is 61.7 Å². The number of amides is 2. The highest BCUT2D eigenvalue weighted by Gasteiger charge is 2.61. The van der Waals surface area contributed by atoms with Gasteiger partial charge in [-0.25, -0.2) is 9.88 Å². The standard InChI is InChI=1S/C48H48N6O8/c1-8-30-25(4)35-21-36-26(5)31(16-19-43(55)61-9-2)38(49-36)23-39-32(17-20-44(56)62-10-3)27(6)37(50-39)22-41-34-18-15-33-45(48(34,7)42(52-41)24-40(30)51-35)47(58)53(46(33)57)28-11-13-29(14-12-28)54(59)60/h8,11-14,18,21-24,33,45,50-51H,1,9-10,15-17,19-20H2,2-7H3/t33-,45+,48-/m1/s1. The zero-order chi connectivity index (χ0) is 44.2. The van der Waals surface area contributed by atoms with Gasteiger partial charge in [-0.1, -0.05) is 18.7 Å². The predicted molar refractivity (Wildman–Crippen MR) is 236 cm³/mol. The van der Waals surface area contributed by atoms with Gasteiger partial charge in [-0.15, -0.1) is 0 Å². The minimum Gasteiger partial charge on any atom is -0.466 e. The van der Waals surface area contributed by atoms with E-state index in [4.69, 9.17) is 19.4 Å². The second kappa shape index (κ2) is 16.1. The third kappa shape index (κ3) is 6.92. The largest absolute Gasteiger partial charge is 0.466 e. The Morgan fingerprint density at radius 2 is 1.50 bits per heavy atom. The third-order valence-corrected chi connectivity index (χ3v) is 12.9. The van der Waals surface area contributed by atoms with Crippen LogP contribution in [0.15, 0.2) is 61.2 Å². The second-order valence-electron chi connectivity index (χ2n) is 16.2. The predicted octanol–water partition coefficient (Wildman–Crippen LogP) is 8.80. The van der Waals surface area contributed by atoms with Crippen LogP contribution in [0, 0.1) is 35.8 Å². The molecule has 14 heteroatoms. The maximum Gasteiger partial charge on any atom is 0.306 e. The van der Waals surface area contributed by atoms with E-state index in [0.29, 0.717) is 41.1 Å². The van der Waals surface area contributed by atoms with Gasteiger partial charge in [0.25, 0.3) is 5.69 Å². The molecular formula is C48H48N6O8. The monoisotopic (exact) mass is 836 g/mol. The number of ether oxygens (including phenoxy) is 2. The number of aromatic nitrogens is 4. The Bertz CT molecular complexity index is 2850. The van der Waals surface area contributed by atoms with E-state index in [1.54, 1.807) is 19.9 Å². The van der Waals surface area contributed by atoms with Gasteiger partial charge in [-0.05, 0) is 131 Å². The van der Waals surface area contributed by atoms with Crippen molar-refractivity contribution in [2.75, 3.05) is 18.1 Å². The van der Waals surface area contributed by atoms with Gasteiger partial charge in [-0.2, -0.15) is 0 Å². The molecule has 4 aromatic rings. The molecule has 1 aromatic carbocycles. The van der Waals surface area contributed by atoms with Crippen LogP contribution in [0.5, 0.6) is 0 Å². The van der Waals surface area contributed by atoms with E-state index in [9.17, 15) is 29.3 Å². The van der Waals surface area contributed by atoms with E-state index in [0.717, 1.165) is 60.4 Å². The summed E-state index contributed by atoms with van der Waals surface area (Å²) in [4.78, 5) is 84.0. The highest BCUT2D eigenvalue weighted by atomic mass is 16.6. The number of aryl methyl sites for hydroxylation is 3. The normalized spacial score (nSPS) is 19.3. The number of nitro benzene ring substituents is 1. The zero-order valence-corrected chi connectivity index (χ0v) is 35.6. The maximum atomic E-state index is 14.7. The first kappa shape index (κ1) is 41.8. The fraction of sp³-hybridized carbons (Fsp3) is 0.333. The first-order chi connectivity index (χ1) is 29.7. The highest BCUT2D eigenvalue weighted by Crippen LogP contribution is 2.56. The molecule has 62 heavy (non-hydrogen) atoms. The number of carbonyl (C=O) groups is 4. The number of fused-ring (bicyclic) bond motifs is 13. The number of H-pyrrole nitrogens is 2. The summed E-state index contributed by atoms with van der Waals surface area (Å²) >= 11 is 0. The van der Waals surface area contributed by atoms with Crippen LogP contribution in [0.2, 0.25) is 0 Å². The lowest BCUT2D eigenvalue weighted by molar-refractivity contribution is -0.384. The Morgan fingerprint density at radius 1 is 0.871 bits per heavy atom. The summed E-state index contributed by atoms with van der Waals surface area (Å²) in [5.41, 5.74) is 10.7. The van der Waals surface area contributed by atoms with Gasteiger partial charge in [0.1, 0.15) is 0 Å². The number of anilines is 1. The minimum atomic E-state index is -1.07. The van der Waals surface area contributed by atoms with Gasteiger partial charge >= 0.3 is 11.9 Å². The van der Waals surface area contributed by atoms with Crippen molar-refractivity contribution in [2.24, 2.45) is 11.8 Å². The Kier molecular flexibility index (Phi) is 10.9. The first-order valence-corrected chi connectivity index (χ1v) is 20.9. The lowest BCUT2D eigenvalue weighted by Gasteiger charge is -2.37. The lowest BCUT2D eigenvalue weighted by atomic mass is 9.61. The van der Waals surface area contributed by atoms with Crippen molar-refractivity contribution in [3.05, 3.63) is 116 Å². The van der Waals surface area contributed by atoms with Crippen molar-refractivity contribution in [2.45, 2.75) is 79.1 Å². The summed E-state index contributed by atoms with van der Waals surface area (Å²) in [6.45, 7) is 16.2. The average Bonchev–Trinajstić information content (AvgIpc) is 3.96. The number of aromatic amines is 2. The summed E-state index contributed by atoms with van der Waals surface area (Å²) in [5.74, 6) is -2.93. The van der Waals surface area contributed by atoms with E-state index in [1.807, 2.05) is 58.0 Å². The Balaban J connectivity index is 1.38. The lowest BCUT2D eigenvalue weighted by Crippen LogP contribution is -2.41. The number of benzene rings is 1. The highest BCUT2D eigenvalue weighted by molar-refractivity contribution is 6.23. The SMILES string of the molecule is C=Cc1c(C)c2cc3nc(cc4[nH]c(cc5nc(cc1[nH]2)[C@@]1(C)C5=CC[C@H]2C(=O)N(c5ccc([N+](=O)[O-])cc5)C(=O)[C@H]21)c(C)c4CCC(=O)OCC)C(CCC(=O)OCC)=C3C. The van der Waals surface area contributed by atoms with Gasteiger partial charge in [0, 0.05) is 58.0 Å². The molecule has 1 saturated heterocycles. The molecule has 0 unspecified atom stereocenters. The van der Waals surface area contributed by atoms with Gasteiger partial charge in [0.2, 0.25) is 11.8 Å². The van der Waals surface area contributed by atoms with Crippen LogP contribution in [0.1, 0.15) is 98.4 Å². The summed E-state index contributed by atoms with van der Waals surface area (Å²) in [7, 11) is 0. The number of hydrogen-bond acceptors (Lipinski definition) is 10. The topological polar surface area (TPSA) is 190 Å². The Hall–Kier alpha value is -6.96. The summed E-state index contributed by atoms with van der Waals surface area (Å²) in [6.07, 6.45) is 5.17. The average molecular weight is 837 g/mol. The summed E-state index contributed by atoms with van der Waals surface area (Å²) in [5, 5.41) is 11.4. The fourth-order valence-corrected chi connectivity index (χ4v) is 9.60. The van der Waals surface area contributed by atoms with E-state index in [2.05, 4.69) is 16.5 Å². The minimum absolute atomic E-state index is 0.148. The van der Waals surface area contributed by atoms with Gasteiger partial charge in [0.15, 0.2) is 0 Å². The van der Waals surface area contributed by atoms with Gasteiger partial charge in [-0.3, -0.25) is 34.3 Å². The number of nitrogens with one attached hydrogen (secondary N) is 2. The molecule has 3 atom stereocenters. The van der Waals surface area contributed by atoms with Gasteiger partial charge < -0.3 is 19.4 Å². The number of imide groups is 1. The number of nitrogens with zero attached hydrogens (tertiary/aromatic N) is 4. The molecule has 2 amide bonds. The number of non-ortho nitro benzene ring substituents is 1. The van der Waals surface area contributed by atoms with E-state index >= 15 is 0 Å². The van der Waals surface area contributed by atoms with Crippen LogP contribution < -0.4 is 4.90 Å². The van der Waals surface area contributed by atoms with Crippen molar-refractivity contribution in [1.29, 1.82) is 0 Å². The molecule has 318 valence electrons. The fourth-order valence-electron chi connectivity index (χ4n) is 9.60. The van der Waals surface area contributed by atoms with Crippen LogP contribution in [0.4, 0.5) is 11.4 Å². The van der Waals surface area contributed by atoms with Crippen LogP contribution in [0.25, 0.3) is 44.9 Å². The molecule has 8 rings (SSSR count). The van der Waals surface area contributed by atoms with E-state index < -0.39 is 28.1 Å². The first-order valence-electron chi connectivity index (χ1n) is 20.9. The molecule has 2 N–H and O–H groups in total. The third-order valence-electron chi connectivity index (χ3n) is 12.9. The molecule has 0 spiro atoms. The number of esters is 2. The molecule has 1 fully saturated rings. The molecule has 8 bridgehead atoms. The van der Waals surface area contributed by atoms with Crippen LogP contribution >= 0.6 is 0 Å². The molecule has 0 saturated carbocycles. The smallest absolute Gasteiger partial charge is 0.306 e. The van der Waals surface area contributed by atoms with Crippen molar-refractivity contribution in [3.8, 4) is 0 Å². The maximum absolute atomic E-state index is 14.7. The number of hydrogen-bond donors (Lipinski definition) is 2. The Morgan fingerprint density at radius 3 is 2.16 bits per heavy atom. The molecule has 3 aromatic heterocycles. The summed E-state index contributed by atoms with van der Waals surface area (Å²) < 4.78 is 10.6.